The minimum Gasteiger partial charge on any atom is -0.195 e. The van der Waals surface area contributed by atoms with Crippen LogP contribution in [0.25, 0.3) is 0 Å². The van der Waals surface area contributed by atoms with E-state index in [1.807, 2.05) is 0 Å². The summed E-state index contributed by atoms with van der Waals surface area (Å²) in [4.78, 5) is 0. The van der Waals surface area contributed by atoms with Crippen molar-refractivity contribution < 1.29 is 57.1 Å². The molecule has 22 heavy (non-hydrogen) atoms. The van der Waals surface area contributed by atoms with Crippen LogP contribution in [-0.2, 0) is 0 Å². The van der Waals surface area contributed by atoms with E-state index in [0.717, 1.165) is 0 Å². The Balaban J connectivity index is 6.23. The summed E-state index contributed by atoms with van der Waals surface area (Å²) in [7, 11) is 0. The van der Waals surface area contributed by atoms with Crippen LogP contribution in [0.4, 0.5) is 57.1 Å². The Kier molecular flexibility index (Phi) is 4.91. The van der Waals surface area contributed by atoms with Crippen molar-refractivity contribution in [1.29, 1.82) is 0 Å². The summed E-state index contributed by atoms with van der Waals surface area (Å²) in [5.41, 5.74) is 0. The van der Waals surface area contributed by atoms with Crippen molar-refractivity contribution in [2.75, 3.05) is 0 Å². The molecule has 131 valence electrons. The van der Waals surface area contributed by atoms with E-state index in [-0.39, 0.29) is 6.08 Å². The minimum atomic E-state index is -7.86. The fourth-order valence-corrected chi connectivity index (χ4v) is 1.03. The predicted molar refractivity (Wildman–Crippen MR) is 45.3 cm³/mol. The Hall–Kier alpha value is -1.17. The number of halogens is 13. The van der Waals surface area contributed by atoms with Crippen LogP contribution in [-0.4, -0.2) is 35.8 Å². The maximum absolute atomic E-state index is 12.8. The zero-order valence-corrected chi connectivity index (χ0v) is 9.78. The standard InChI is InChI=1S/C9H4F13/c1-2-3-4(10,11)5(12,13)6(14,15)7(16,17)8(18,19)9(20,21)22/h2-3H,1H2. The Morgan fingerprint density at radius 1 is 0.500 bits per heavy atom. The lowest BCUT2D eigenvalue weighted by Crippen LogP contribution is -2.69. The molecule has 0 unspecified atom stereocenters. The largest absolute Gasteiger partial charge is 0.460 e. The van der Waals surface area contributed by atoms with E-state index in [9.17, 15) is 57.1 Å². The molecule has 0 spiro atoms. The Morgan fingerprint density at radius 2 is 0.818 bits per heavy atom. The Bertz CT molecular complexity index is 427. The van der Waals surface area contributed by atoms with E-state index >= 15 is 0 Å². The van der Waals surface area contributed by atoms with Gasteiger partial charge in [0.25, 0.3) is 0 Å². The number of hydrogen-bond donors (Lipinski definition) is 0. The molecular formula is C9H4F13. The molecule has 0 heterocycles. The summed E-state index contributed by atoms with van der Waals surface area (Å²) in [6, 6.07) is 0. The number of hydrogen-bond acceptors (Lipinski definition) is 0. The normalized spacial score (nSPS) is 16.5. The van der Waals surface area contributed by atoms with Gasteiger partial charge in [0, 0.05) is 0 Å². The van der Waals surface area contributed by atoms with Crippen LogP contribution < -0.4 is 0 Å². The number of rotatable bonds is 5. The van der Waals surface area contributed by atoms with Gasteiger partial charge in [-0.25, -0.2) is 0 Å². The molecule has 0 aromatic carbocycles. The lowest BCUT2D eigenvalue weighted by atomic mass is 9.94. The Labute approximate surface area is 113 Å². The van der Waals surface area contributed by atoms with E-state index in [4.69, 9.17) is 0 Å². The summed E-state index contributed by atoms with van der Waals surface area (Å²) in [5.74, 6) is -36.8. The molecule has 0 nitrogen and oxygen atoms in total. The van der Waals surface area contributed by atoms with Crippen molar-refractivity contribution in [1.82, 2.24) is 0 Å². The first-order valence-corrected chi connectivity index (χ1v) is 4.74. The molecule has 0 aliphatic heterocycles. The molecule has 0 amide bonds. The number of alkyl halides is 13. The van der Waals surface area contributed by atoms with Gasteiger partial charge in [-0.3, -0.25) is 0 Å². The lowest BCUT2D eigenvalue weighted by Gasteiger charge is -2.39. The lowest BCUT2D eigenvalue weighted by molar-refractivity contribution is -0.436. The minimum absolute atomic E-state index is 0.260. The van der Waals surface area contributed by atoms with E-state index < -0.39 is 41.9 Å². The van der Waals surface area contributed by atoms with Crippen LogP contribution in [0.2, 0.25) is 0 Å². The first-order valence-electron chi connectivity index (χ1n) is 4.74. The van der Waals surface area contributed by atoms with Gasteiger partial charge in [0.2, 0.25) is 0 Å². The van der Waals surface area contributed by atoms with E-state index in [1.54, 1.807) is 0 Å². The van der Waals surface area contributed by atoms with Gasteiger partial charge in [0.05, 0.1) is 0 Å². The third-order valence-electron chi connectivity index (χ3n) is 2.28. The van der Waals surface area contributed by atoms with Crippen molar-refractivity contribution in [3.05, 3.63) is 19.1 Å². The summed E-state index contributed by atoms with van der Waals surface area (Å²) in [6.45, 7) is 2.36. The quantitative estimate of drug-likeness (QED) is 0.598. The number of allylic oxidation sites excluding steroid dienone is 2. The van der Waals surface area contributed by atoms with E-state index in [0.29, 0.717) is 0 Å². The summed E-state index contributed by atoms with van der Waals surface area (Å²) in [5, 5.41) is 0. The Morgan fingerprint density at radius 3 is 1.09 bits per heavy atom. The van der Waals surface area contributed by atoms with Crippen molar-refractivity contribution in [2.24, 2.45) is 0 Å². The molecule has 13 heteroatoms. The fraction of sp³-hybridized carbons (Fsp3) is 0.667. The van der Waals surface area contributed by atoms with Crippen LogP contribution in [0.5, 0.6) is 0 Å². The van der Waals surface area contributed by atoms with E-state index in [1.165, 1.54) is 0 Å². The average molecular weight is 359 g/mol. The van der Waals surface area contributed by atoms with Crippen molar-refractivity contribution in [3.8, 4) is 0 Å². The molecular weight excluding hydrogens is 355 g/mol. The van der Waals surface area contributed by atoms with Crippen LogP contribution >= 0.6 is 0 Å². The van der Waals surface area contributed by atoms with Gasteiger partial charge in [-0.2, -0.15) is 57.1 Å². The second-order valence-electron chi connectivity index (χ2n) is 3.82. The van der Waals surface area contributed by atoms with Gasteiger partial charge < -0.3 is 0 Å². The summed E-state index contributed by atoms with van der Waals surface area (Å²) >= 11 is 0. The van der Waals surface area contributed by atoms with Crippen molar-refractivity contribution in [2.45, 2.75) is 35.8 Å². The first kappa shape index (κ1) is 20.8. The van der Waals surface area contributed by atoms with Crippen LogP contribution in [0.3, 0.4) is 0 Å². The zero-order chi connectivity index (χ0) is 18.4. The van der Waals surface area contributed by atoms with Crippen LogP contribution in [0, 0.1) is 6.92 Å². The summed E-state index contributed by atoms with van der Waals surface area (Å²) in [6.07, 6.45) is -8.81. The van der Waals surface area contributed by atoms with Gasteiger partial charge in [0.1, 0.15) is 0 Å². The molecule has 0 saturated carbocycles. The smallest absolute Gasteiger partial charge is 0.195 e. The average Bonchev–Trinajstić information content (AvgIpc) is 2.26. The second kappa shape index (κ2) is 5.18. The molecule has 0 aliphatic carbocycles. The van der Waals surface area contributed by atoms with Gasteiger partial charge in [-0.05, 0) is 13.0 Å². The molecule has 0 N–H and O–H groups in total. The molecule has 0 aromatic rings. The predicted octanol–water partition coefficient (Wildman–Crippen LogP) is 5.12. The highest BCUT2D eigenvalue weighted by atomic mass is 19.4. The van der Waals surface area contributed by atoms with E-state index in [2.05, 4.69) is 6.92 Å². The summed E-state index contributed by atoms with van der Waals surface area (Å²) < 4.78 is 162. The molecule has 0 aliphatic rings. The monoisotopic (exact) mass is 359 g/mol. The first-order chi connectivity index (χ1) is 9.31. The maximum Gasteiger partial charge on any atom is 0.460 e. The third-order valence-corrected chi connectivity index (χ3v) is 2.28. The third kappa shape index (κ3) is 2.62. The highest BCUT2D eigenvalue weighted by Crippen LogP contribution is 2.60. The molecule has 1 radical (unpaired) electrons. The second-order valence-corrected chi connectivity index (χ2v) is 3.82. The SMILES string of the molecule is [CH2]C=CC(F)(F)C(F)(F)C(F)(F)C(F)(F)C(F)(F)C(F)(F)F. The van der Waals surface area contributed by atoms with Crippen molar-refractivity contribution >= 4 is 0 Å². The van der Waals surface area contributed by atoms with Gasteiger partial charge in [-0.1, -0.05) is 6.08 Å². The van der Waals surface area contributed by atoms with Crippen LogP contribution in [0.1, 0.15) is 0 Å². The molecule has 0 aromatic heterocycles. The van der Waals surface area contributed by atoms with Crippen LogP contribution in [0.15, 0.2) is 12.2 Å². The topological polar surface area (TPSA) is 0 Å². The molecule has 0 atom stereocenters. The van der Waals surface area contributed by atoms with Gasteiger partial charge in [-0.15, -0.1) is 0 Å². The van der Waals surface area contributed by atoms with Crippen molar-refractivity contribution in [3.63, 3.8) is 0 Å². The van der Waals surface area contributed by atoms with Gasteiger partial charge in [0.15, 0.2) is 0 Å². The maximum atomic E-state index is 12.8. The molecule has 0 fully saturated rings. The van der Waals surface area contributed by atoms with Gasteiger partial charge >= 0.3 is 35.8 Å². The highest BCUT2D eigenvalue weighted by Gasteiger charge is 2.90. The zero-order valence-electron chi connectivity index (χ0n) is 9.78. The molecule has 0 bridgehead atoms. The molecule has 0 rings (SSSR count). The molecule has 0 saturated heterocycles. The highest BCUT2D eigenvalue weighted by molar-refractivity contribution is 5.15. The fourth-order valence-electron chi connectivity index (χ4n) is 1.03.